The molecule has 8 heteroatoms. The largest absolute Gasteiger partial charge is 0.277 e. The first kappa shape index (κ1) is 15.0. The Bertz CT molecular complexity index is 726. The number of sulfonamides is 1. The second kappa shape index (κ2) is 5.55. The highest BCUT2D eigenvalue weighted by Crippen LogP contribution is 2.33. The summed E-state index contributed by atoms with van der Waals surface area (Å²) in [7, 11) is -4.00. The molecule has 3 nitrogen and oxygen atoms in total. The number of anilines is 1. The summed E-state index contributed by atoms with van der Waals surface area (Å²) in [5.41, 5.74) is -0.140. The Hall–Kier alpha value is -1.37. The molecule has 2 aromatic carbocycles. The topological polar surface area (TPSA) is 46.2 Å². The fourth-order valence-electron chi connectivity index (χ4n) is 1.45. The number of rotatable bonds is 3. The first-order valence-electron chi connectivity index (χ1n) is 5.22. The van der Waals surface area contributed by atoms with Gasteiger partial charge in [-0.1, -0.05) is 23.2 Å². The summed E-state index contributed by atoms with van der Waals surface area (Å²) in [5.74, 6) is -1.26. The summed E-state index contributed by atoms with van der Waals surface area (Å²) >= 11 is 11.5. The van der Waals surface area contributed by atoms with E-state index in [1.165, 1.54) is 0 Å². The highest BCUT2D eigenvalue weighted by molar-refractivity contribution is 7.92. The first-order chi connectivity index (χ1) is 9.29. The Labute approximate surface area is 124 Å². The monoisotopic (exact) mass is 337 g/mol. The van der Waals surface area contributed by atoms with Gasteiger partial charge in [-0.25, -0.2) is 17.2 Å². The van der Waals surface area contributed by atoms with Crippen LogP contribution in [-0.4, -0.2) is 8.42 Å². The van der Waals surface area contributed by atoms with Gasteiger partial charge >= 0.3 is 0 Å². The maximum Gasteiger partial charge on any atom is 0.261 e. The molecule has 106 valence electrons. The zero-order valence-corrected chi connectivity index (χ0v) is 12.0. The van der Waals surface area contributed by atoms with Gasteiger partial charge in [0.1, 0.15) is 11.6 Å². The lowest BCUT2D eigenvalue weighted by Gasteiger charge is -2.11. The van der Waals surface area contributed by atoms with Gasteiger partial charge in [0.25, 0.3) is 10.0 Å². The molecule has 0 spiro atoms. The smallest absolute Gasteiger partial charge is 0.261 e. The molecular formula is C12H7Cl2F2NO2S. The normalized spacial score (nSPS) is 11.4. The van der Waals surface area contributed by atoms with Gasteiger partial charge in [0.15, 0.2) is 0 Å². The van der Waals surface area contributed by atoms with Crippen molar-refractivity contribution in [2.24, 2.45) is 0 Å². The summed E-state index contributed by atoms with van der Waals surface area (Å²) in [6.45, 7) is 0. The van der Waals surface area contributed by atoms with Crippen LogP contribution in [-0.2, 0) is 10.0 Å². The van der Waals surface area contributed by atoms with Gasteiger partial charge < -0.3 is 0 Å². The molecule has 0 aliphatic rings. The zero-order chi connectivity index (χ0) is 14.9. The van der Waals surface area contributed by atoms with Gasteiger partial charge in [-0.05, 0) is 36.4 Å². The molecule has 0 bridgehead atoms. The molecule has 0 saturated heterocycles. The third-order valence-corrected chi connectivity index (χ3v) is 4.33. The molecule has 0 saturated carbocycles. The van der Waals surface area contributed by atoms with Crippen LogP contribution >= 0.6 is 23.2 Å². The predicted molar refractivity (Wildman–Crippen MR) is 73.6 cm³/mol. The minimum Gasteiger partial charge on any atom is -0.277 e. The standard InChI is InChI=1S/C12H7Cl2F2NO2S/c13-10-5-8(16)6-11(14)12(10)17-20(18,19)9-3-1-7(15)2-4-9/h1-6,17H. The lowest BCUT2D eigenvalue weighted by atomic mass is 10.3. The van der Waals surface area contributed by atoms with Crippen molar-refractivity contribution in [2.45, 2.75) is 4.90 Å². The highest BCUT2D eigenvalue weighted by Gasteiger charge is 2.18. The van der Waals surface area contributed by atoms with Crippen LogP contribution < -0.4 is 4.72 Å². The molecule has 0 radical (unpaired) electrons. The van der Waals surface area contributed by atoms with Crippen molar-refractivity contribution in [3.63, 3.8) is 0 Å². The Kier molecular flexibility index (Phi) is 4.17. The van der Waals surface area contributed by atoms with Gasteiger partial charge in [0.05, 0.1) is 20.6 Å². The molecule has 20 heavy (non-hydrogen) atoms. The van der Waals surface area contributed by atoms with E-state index in [4.69, 9.17) is 23.2 Å². The first-order valence-corrected chi connectivity index (χ1v) is 7.46. The highest BCUT2D eigenvalue weighted by atomic mass is 35.5. The van der Waals surface area contributed by atoms with Crippen molar-refractivity contribution in [3.05, 3.63) is 58.1 Å². The van der Waals surface area contributed by atoms with Gasteiger partial charge in [-0.3, -0.25) is 4.72 Å². The van der Waals surface area contributed by atoms with Crippen molar-refractivity contribution in [1.29, 1.82) is 0 Å². The molecule has 0 amide bonds. The second-order valence-electron chi connectivity index (χ2n) is 3.80. The van der Waals surface area contributed by atoms with Gasteiger partial charge in [0, 0.05) is 0 Å². The van der Waals surface area contributed by atoms with Crippen LogP contribution in [0.2, 0.25) is 10.0 Å². The second-order valence-corrected chi connectivity index (χ2v) is 6.30. The summed E-state index contributed by atoms with van der Waals surface area (Å²) < 4.78 is 52.0. The third kappa shape index (κ3) is 3.20. The fourth-order valence-corrected chi connectivity index (χ4v) is 3.21. The number of hydrogen-bond donors (Lipinski definition) is 1. The number of benzene rings is 2. The van der Waals surface area contributed by atoms with Crippen LogP contribution in [0.1, 0.15) is 0 Å². The van der Waals surface area contributed by atoms with Crippen molar-refractivity contribution >= 4 is 38.9 Å². The molecule has 1 N–H and O–H groups in total. The number of hydrogen-bond acceptors (Lipinski definition) is 2. The number of nitrogens with one attached hydrogen (secondary N) is 1. The average Bonchev–Trinajstić information content (AvgIpc) is 2.34. The lowest BCUT2D eigenvalue weighted by molar-refractivity contribution is 0.599. The maximum absolute atomic E-state index is 13.0. The van der Waals surface area contributed by atoms with Crippen molar-refractivity contribution < 1.29 is 17.2 Å². The van der Waals surface area contributed by atoms with E-state index in [-0.39, 0.29) is 20.6 Å². The molecule has 2 aromatic rings. The maximum atomic E-state index is 13.0. The summed E-state index contributed by atoms with van der Waals surface area (Å²) in [6, 6.07) is 6.03. The van der Waals surface area contributed by atoms with Gasteiger partial charge in [-0.2, -0.15) is 0 Å². The van der Waals surface area contributed by atoms with Gasteiger partial charge in [-0.15, -0.1) is 0 Å². The summed E-state index contributed by atoms with van der Waals surface area (Å²) in [6.07, 6.45) is 0. The quantitative estimate of drug-likeness (QED) is 0.917. The molecule has 0 unspecified atom stereocenters. The molecule has 0 fully saturated rings. The molecule has 0 aliphatic heterocycles. The van der Waals surface area contributed by atoms with Crippen molar-refractivity contribution in [1.82, 2.24) is 0 Å². The van der Waals surface area contributed by atoms with E-state index in [1.807, 2.05) is 0 Å². The van der Waals surface area contributed by atoms with E-state index in [9.17, 15) is 17.2 Å². The third-order valence-electron chi connectivity index (χ3n) is 2.37. The van der Waals surface area contributed by atoms with Crippen molar-refractivity contribution in [2.75, 3.05) is 4.72 Å². The van der Waals surface area contributed by atoms with Crippen molar-refractivity contribution in [3.8, 4) is 0 Å². The molecule has 0 atom stereocenters. The van der Waals surface area contributed by atoms with E-state index in [1.54, 1.807) is 0 Å². The Morgan fingerprint density at radius 1 is 0.900 bits per heavy atom. The molecule has 0 heterocycles. The Balaban J connectivity index is 2.41. The minimum absolute atomic E-state index is 0.140. The fraction of sp³-hybridized carbons (Fsp3) is 0. The Morgan fingerprint density at radius 3 is 1.90 bits per heavy atom. The summed E-state index contributed by atoms with van der Waals surface area (Å²) in [4.78, 5) is -0.171. The lowest BCUT2D eigenvalue weighted by Crippen LogP contribution is -2.13. The van der Waals surface area contributed by atoms with E-state index in [0.29, 0.717) is 0 Å². The predicted octanol–water partition coefficient (Wildman–Crippen LogP) is 4.07. The van der Waals surface area contributed by atoms with Crippen LogP contribution in [0.25, 0.3) is 0 Å². The van der Waals surface area contributed by atoms with Crippen LogP contribution in [0.3, 0.4) is 0 Å². The van der Waals surface area contributed by atoms with E-state index in [0.717, 1.165) is 36.4 Å². The van der Waals surface area contributed by atoms with Gasteiger partial charge in [0.2, 0.25) is 0 Å². The SMILES string of the molecule is O=S(=O)(Nc1c(Cl)cc(F)cc1Cl)c1ccc(F)cc1. The van der Waals surface area contributed by atoms with Crippen LogP contribution in [0.4, 0.5) is 14.5 Å². The zero-order valence-electron chi connectivity index (χ0n) is 9.70. The molecule has 0 aromatic heterocycles. The van der Waals surface area contributed by atoms with Crippen LogP contribution in [0.5, 0.6) is 0 Å². The molecule has 2 rings (SSSR count). The summed E-state index contributed by atoms with van der Waals surface area (Å²) in [5, 5.41) is -0.360. The number of halogens is 4. The van der Waals surface area contributed by atoms with Crippen LogP contribution in [0, 0.1) is 11.6 Å². The Morgan fingerprint density at radius 2 is 1.40 bits per heavy atom. The van der Waals surface area contributed by atoms with E-state index < -0.39 is 21.7 Å². The molecular weight excluding hydrogens is 331 g/mol. The van der Waals surface area contributed by atoms with Crippen LogP contribution in [0.15, 0.2) is 41.3 Å². The average molecular weight is 338 g/mol. The van der Waals surface area contributed by atoms with E-state index >= 15 is 0 Å². The minimum atomic E-state index is -4.00. The molecule has 0 aliphatic carbocycles. The van der Waals surface area contributed by atoms with E-state index in [2.05, 4.69) is 4.72 Å².